The minimum Gasteiger partial charge on any atom is -0.357 e. The van der Waals surface area contributed by atoms with Crippen LogP contribution in [0.3, 0.4) is 0 Å². The Kier molecular flexibility index (Phi) is 3.96. The molecule has 4 heteroatoms. The first-order valence-corrected chi connectivity index (χ1v) is 8.05. The first-order chi connectivity index (χ1) is 9.26. The third-order valence-corrected chi connectivity index (χ3v) is 4.73. The van der Waals surface area contributed by atoms with Gasteiger partial charge in [-0.3, -0.25) is 9.89 Å². The van der Waals surface area contributed by atoms with Gasteiger partial charge in [0.25, 0.3) is 0 Å². The molecule has 0 radical (unpaired) electrons. The molecule has 108 valence electrons. The summed E-state index contributed by atoms with van der Waals surface area (Å²) in [5.41, 5.74) is 0. The minimum absolute atomic E-state index is 0.593. The van der Waals surface area contributed by atoms with Crippen molar-refractivity contribution < 1.29 is 0 Å². The van der Waals surface area contributed by atoms with Crippen LogP contribution in [0.2, 0.25) is 0 Å². The quantitative estimate of drug-likeness (QED) is 0.583. The summed E-state index contributed by atoms with van der Waals surface area (Å²) in [4.78, 5) is 7.39. The van der Waals surface area contributed by atoms with E-state index in [0.717, 1.165) is 36.9 Å². The molecule has 4 nitrogen and oxygen atoms in total. The maximum atomic E-state index is 4.75. The number of likely N-dealkylation sites (tertiary alicyclic amines) is 1. The summed E-state index contributed by atoms with van der Waals surface area (Å²) < 4.78 is 0. The standard InChI is InChI=1S/C15H28N4/c1-3-16-15(17-9-12-8-11(12)2)18-13-6-7-19(10-13)14-4-5-14/h11-14H,3-10H2,1-2H3,(H2,16,17,18). The summed E-state index contributed by atoms with van der Waals surface area (Å²) in [6.07, 6.45) is 5.46. The Labute approximate surface area is 117 Å². The van der Waals surface area contributed by atoms with Gasteiger partial charge in [-0.05, 0) is 44.4 Å². The Morgan fingerprint density at radius 3 is 2.74 bits per heavy atom. The number of aliphatic imine (C=N–C) groups is 1. The molecule has 3 rings (SSSR count). The van der Waals surface area contributed by atoms with Crippen molar-refractivity contribution in [2.24, 2.45) is 16.8 Å². The van der Waals surface area contributed by atoms with Crippen molar-refractivity contribution in [1.82, 2.24) is 15.5 Å². The van der Waals surface area contributed by atoms with Gasteiger partial charge < -0.3 is 10.6 Å². The van der Waals surface area contributed by atoms with Gasteiger partial charge in [0.2, 0.25) is 0 Å². The van der Waals surface area contributed by atoms with Crippen LogP contribution in [0.15, 0.2) is 4.99 Å². The molecule has 3 aliphatic rings. The van der Waals surface area contributed by atoms with E-state index in [2.05, 4.69) is 29.4 Å². The maximum absolute atomic E-state index is 4.75. The van der Waals surface area contributed by atoms with Crippen LogP contribution in [0, 0.1) is 11.8 Å². The monoisotopic (exact) mass is 264 g/mol. The Morgan fingerprint density at radius 1 is 1.32 bits per heavy atom. The molecule has 2 aliphatic carbocycles. The normalized spacial score (nSPS) is 35.5. The average molecular weight is 264 g/mol. The lowest BCUT2D eigenvalue weighted by atomic mass is 10.3. The van der Waals surface area contributed by atoms with Gasteiger partial charge >= 0.3 is 0 Å². The van der Waals surface area contributed by atoms with Gasteiger partial charge in [-0.2, -0.15) is 0 Å². The van der Waals surface area contributed by atoms with Gasteiger partial charge in [0.1, 0.15) is 0 Å². The van der Waals surface area contributed by atoms with Gasteiger partial charge in [-0.15, -0.1) is 0 Å². The lowest BCUT2D eigenvalue weighted by molar-refractivity contribution is 0.321. The summed E-state index contributed by atoms with van der Waals surface area (Å²) in [5.74, 6) is 2.76. The third kappa shape index (κ3) is 3.62. The second-order valence-corrected chi connectivity index (χ2v) is 6.55. The number of guanidine groups is 1. The van der Waals surface area contributed by atoms with Gasteiger partial charge in [0.15, 0.2) is 5.96 Å². The van der Waals surface area contributed by atoms with E-state index >= 15 is 0 Å². The van der Waals surface area contributed by atoms with Gasteiger partial charge in [0.05, 0.1) is 0 Å². The van der Waals surface area contributed by atoms with Crippen LogP contribution in [-0.4, -0.2) is 49.1 Å². The fourth-order valence-electron chi connectivity index (χ4n) is 3.05. The lowest BCUT2D eigenvalue weighted by Gasteiger charge is -2.18. The maximum Gasteiger partial charge on any atom is 0.191 e. The minimum atomic E-state index is 0.593. The van der Waals surface area contributed by atoms with Crippen molar-refractivity contribution in [3.63, 3.8) is 0 Å². The van der Waals surface area contributed by atoms with Crippen molar-refractivity contribution in [3.8, 4) is 0 Å². The van der Waals surface area contributed by atoms with Crippen LogP contribution in [0.4, 0.5) is 0 Å². The fourth-order valence-corrected chi connectivity index (χ4v) is 3.05. The molecular formula is C15H28N4. The van der Waals surface area contributed by atoms with Crippen molar-refractivity contribution in [2.75, 3.05) is 26.2 Å². The Bertz CT molecular complexity index is 337. The molecule has 1 aliphatic heterocycles. The molecule has 0 aromatic carbocycles. The molecule has 3 fully saturated rings. The lowest BCUT2D eigenvalue weighted by Crippen LogP contribution is -2.44. The molecule has 0 amide bonds. The van der Waals surface area contributed by atoms with E-state index in [1.54, 1.807) is 0 Å². The Hall–Kier alpha value is -0.770. The number of hydrogen-bond donors (Lipinski definition) is 2. The molecule has 0 aromatic heterocycles. The summed E-state index contributed by atoms with van der Waals surface area (Å²) in [6.45, 7) is 8.88. The highest BCUT2D eigenvalue weighted by atomic mass is 15.3. The molecule has 1 saturated heterocycles. The number of nitrogens with one attached hydrogen (secondary N) is 2. The van der Waals surface area contributed by atoms with Crippen molar-refractivity contribution >= 4 is 5.96 Å². The molecule has 0 aromatic rings. The number of hydrogen-bond acceptors (Lipinski definition) is 2. The predicted octanol–water partition coefficient (Wildman–Crippen LogP) is 1.43. The molecule has 1 heterocycles. The van der Waals surface area contributed by atoms with E-state index in [4.69, 9.17) is 4.99 Å². The highest BCUT2D eigenvalue weighted by Crippen LogP contribution is 2.37. The molecule has 0 spiro atoms. The summed E-state index contributed by atoms with van der Waals surface area (Å²) >= 11 is 0. The molecule has 19 heavy (non-hydrogen) atoms. The fraction of sp³-hybridized carbons (Fsp3) is 0.933. The number of nitrogens with zero attached hydrogens (tertiary/aromatic N) is 2. The first kappa shape index (κ1) is 13.2. The first-order valence-electron chi connectivity index (χ1n) is 8.05. The number of rotatable bonds is 5. The van der Waals surface area contributed by atoms with Gasteiger partial charge in [0, 0.05) is 38.3 Å². The van der Waals surface area contributed by atoms with Crippen molar-refractivity contribution in [1.29, 1.82) is 0 Å². The van der Waals surface area contributed by atoms with Crippen LogP contribution in [0.25, 0.3) is 0 Å². The highest BCUT2D eigenvalue weighted by Gasteiger charge is 2.35. The van der Waals surface area contributed by atoms with E-state index < -0.39 is 0 Å². The zero-order valence-electron chi connectivity index (χ0n) is 12.4. The molecular weight excluding hydrogens is 236 g/mol. The largest absolute Gasteiger partial charge is 0.357 e. The third-order valence-electron chi connectivity index (χ3n) is 4.73. The van der Waals surface area contributed by atoms with E-state index in [1.807, 2.05) is 0 Å². The Morgan fingerprint density at radius 2 is 2.11 bits per heavy atom. The molecule has 0 bridgehead atoms. The topological polar surface area (TPSA) is 39.7 Å². The average Bonchev–Trinajstić information content (AvgIpc) is 3.30. The second-order valence-electron chi connectivity index (χ2n) is 6.55. The summed E-state index contributed by atoms with van der Waals surface area (Å²) in [5, 5.41) is 7.01. The highest BCUT2D eigenvalue weighted by molar-refractivity contribution is 5.80. The zero-order chi connectivity index (χ0) is 13.2. The molecule has 2 N–H and O–H groups in total. The van der Waals surface area contributed by atoms with Crippen molar-refractivity contribution in [3.05, 3.63) is 0 Å². The summed E-state index contributed by atoms with van der Waals surface area (Å²) in [6, 6.07) is 1.49. The Balaban J connectivity index is 1.46. The molecule has 2 saturated carbocycles. The molecule has 3 atom stereocenters. The smallest absolute Gasteiger partial charge is 0.191 e. The second kappa shape index (κ2) is 5.70. The van der Waals surface area contributed by atoms with Crippen LogP contribution < -0.4 is 10.6 Å². The van der Waals surface area contributed by atoms with Crippen LogP contribution in [0.5, 0.6) is 0 Å². The zero-order valence-corrected chi connectivity index (χ0v) is 12.4. The summed E-state index contributed by atoms with van der Waals surface area (Å²) in [7, 11) is 0. The van der Waals surface area contributed by atoms with E-state index in [-0.39, 0.29) is 0 Å². The van der Waals surface area contributed by atoms with Crippen LogP contribution in [0.1, 0.15) is 39.5 Å². The van der Waals surface area contributed by atoms with E-state index in [9.17, 15) is 0 Å². The van der Waals surface area contributed by atoms with E-state index in [1.165, 1.54) is 38.8 Å². The predicted molar refractivity (Wildman–Crippen MR) is 79.4 cm³/mol. The van der Waals surface area contributed by atoms with Crippen LogP contribution >= 0.6 is 0 Å². The van der Waals surface area contributed by atoms with E-state index in [0.29, 0.717) is 6.04 Å². The van der Waals surface area contributed by atoms with Crippen LogP contribution in [-0.2, 0) is 0 Å². The van der Waals surface area contributed by atoms with Crippen molar-refractivity contribution in [2.45, 2.75) is 51.6 Å². The molecule has 3 unspecified atom stereocenters. The van der Waals surface area contributed by atoms with Gasteiger partial charge in [-0.1, -0.05) is 6.92 Å². The van der Waals surface area contributed by atoms with Gasteiger partial charge in [-0.25, -0.2) is 0 Å². The SMILES string of the molecule is CCNC(=NCC1CC1C)NC1CCN(C2CC2)C1.